The van der Waals surface area contributed by atoms with Crippen molar-refractivity contribution in [2.24, 2.45) is 0 Å². The number of allylic oxidation sites excluding steroid dienone is 1. The molecule has 0 amide bonds. The maximum absolute atomic E-state index is 9.84. The number of aliphatic hydroxyl groups excluding tert-OH is 1. The van der Waals surface area contributed by atoms with E-state index in [1.807, 2.05) is 37.3 Å². The second-order valence-corrected chi connectivity index (χ2v) is 4.96. The minimum absolute atomic E-state index is 0.226. The standard InChI is InChI=1S/C13H18OS/c1-3-4-10-13(14)11(2)15-12-8-6-5-7-9-12/h3-9,11,13-14H,10H2,1-2H3/b4-3+/t11?,13-/m0/s1. The van der Waals surface area contributed by atoms with Gasteiger partial charge in [-0.2, -0.15) is 0 Å². The van der Waals surface area contributed by atoms with Crippen molar-refractivity contribution in [1.82, 2.24) is 0 Å². The molecule has 0 fully saturated rings. The third-order valence-corrected chi connectivity index (χ3v) is 3.45. The Kier molecular flexibility index (Phi) is 5.51. The van der Waals surface area contributed by atoms with Crippen molar-refractivity contribution in [3.05, 3.63) is 42.5 Å². The summed E-state index contributed by atoms with van der Waals surface area (Å²) in [5.41, 5.74) is 0. The highest BCUT2D eigenvalue weighted by Crippen LogP contribution is 2.25. The predicted octanol–water partition coefficient (Wildman–Crippen LogP) is 3.49. The Bertz CT molecular complexity index is 295. The van der Waals surface area contributed by atoms with Gasteiger partial charge in [-0.3, -0.25) is 0 Å². The Hall–Kier alpha value is -0.730. The molecule has 1 aromatic rings. The van der Waals surface area contributed by atoms with Gasteiger partial charge in [-0.15, -0.1) is 11.8 Å². The van der Waals surface area contributed by atoms with Crippen LogP contribution < -0.4 is 0 Å². The molecule has 2 atom stereocenters. The summed E-state index contributed by atoms with van der Waals surface area (Å²) in [4.78, 5) is 1.21. The van der Waals surface area contributed by atoms with Crippen molar-refractivity contribution in [1.29, 1.82) is 0 Å². The fourth-order valence-corrected chi connectivity index (χ4v) is 2.27. The molecule has 0 bridgehead atoms. The second kappa shape index (κ2) is 6.70. The summed E-state index contributed by atoms with van der Waals surface area (Å²) >= 11 is 1.72. The third kappa shape index (κ3) is 4.54. The molecule has 1 nitrogen and oxygen atoms in total. The lowest BCUT2D eigenvalue weighted by atomic mass is 10.2. The van der Waals surface area contributed by atoms with Gasteiger partial charge in [0.2, 0.25) is 0 Å². The fraction of sp³-hybridized carbons (Fsp3) is 0.385. The van der Waals surface area contributed by atoms with Crippen LogP contribution in [-0.2, 0) is 0 Å². The van der Waals surface area contributed by atoms with Crippen LogP contribution in [0.3, 0.4) is 0 Å². The molecule has 0 aromatic heterocycles. The molecule has 82 valence electrons. The average Bonchev–Trinajstić information content (AvgIpc) is 2.27. The fourth-order valence-electron chi connectivity index (χ4n) is 1.26. The molecule has 0 aliphatic carbocycles. The van der Waals surface area contributed by atoms with Crippen LogP contribution in [0.1, 0.15) is 20.3 Å². The van der Waals surface area contributed by atoms with Crippen LogP contribution in [0.15, 0.2) is 47.4 Å². The molecule has 0 aliphatic rings. The lowest BCUT2D eigenvalue weighted by Crippen LogP contribution is -2.18. The first-order valence-electron chi connectivity index (χ1n) is 5.25. The summed E-state index contributed by atoms with van der Waals surface area (Å²) in [6.45, 7) is 4.04. The van der Waals surface area contributed by atoms with E-state index in [-0.39, 0.29) is 11.4 Å². The molecule has 1 unspecified atom stereocenters. The molecule has 0 radical (unpaired) electrons. The lowest BCUT2D eigenvalue weighted by Gasteiger charge is -2.16. The average molecular weight is 222 g/mol. The van der Waals surface area contributed by atoms with Crippen molar-refractivity contribution < 1.29 is 5.11 Å². The van der Waals surface area contributed by atoms with Gasteiger partial charge < -0.3 is 5.11 Å². The molecule has 0 saturated carbocycles. The van der Waals surface area contributed by atoms with Gasteiger partial charge in [0.15, 0.2) is 0 Å². The minimum Gasteiger partial charge on any atom is -0.392 e. The summed E-state index contributed by atoms with van der Waals surface area (Å²) in [5, 5.41) is 10.1. The summed E-state index contributed by atoms with van der Waals surface area (Å²) in [6, 6.07) is 10.2. The summed E-state index contributed by atoms with van der Waals surface area (Å²) < 4.78 is 0. The highest BCUT2D eigenvalue weighted by Gasteiger charge is 2.13. The zero-order valence-corrected chi connectivity index (χ0v) is 10.1. The summed E-state index contributed by atoms with van der Waals surface area (Å²) in [5.74, 6) is 0. The highest BCUT2D eigenvalue weighted by molar-refractivity contribution is 8.00. The van der Waals surface area contributed by atoms with Gasteiger partial charge in [-0.05, 0) is 25.5 Å². The Morgan fingerprint density at radius 2 is 2.00 bits per heavy atom. The van der Waals surface area contributed by atoms with E-state index in [1.165, 1.54) is 4.90 Å². The first kappa shape index (κ1) is 12.3. The number of aliphatic hydroxyl groups is 1. The van der Waals surface area contributed by atoms with Crippen molar-refractivity contribution in [3.63, 3.8) is 0 Å². The summed E-state index contributed by atoms with van der Waals surface area (Å²) in [7, 11) is 0. The van der Waals surface area contributed by atoms with Gasteiger partial charge >= 0.3 is 0 Å². The lowest BCUT2D eigenvalue weighted by molar-refractivity contribution is 0.179. The predicted molar refractivity (Wildman–Crippen MR) is 67.2 cm³/mol. The zero-order chi connectivity index (χ0) is 11.1. The highest BCUT2D eigenvalue weighted by atomic mass is 32.2. The van der Waals surface area contributed by atoms with E-state index in [0.717, 1.165) is 6.42 Å². The topological polar surface area (TPSA) is 20.2 Å². The van der Waals surface area contributed by atoms with E-state index in [4.69, 9.17) is 0 Å². The molecule has 0 spiro atoms. The van der Waals surface area contributed by atoms with E-state index in [2.05, 4.69) is 19.1 Å². The normalized spacial score (nSPS) is 15.4. The molecule has 0 heterocycles. The quantitative estimate of drug-likeness (QED) is 0.608. The van der Waals surface area contributed by atoms with Gasteiger partial charge in [0.1, 0.15) is 0 Å². The number of rotatable bonds is 5. The maximum atomic E-state index is 9.84. The third-order valence-electron chi connectivity index (χ3n) is 2.22. The number of thioether (sulfide) groups is 1. The maximum Gasteiger partial charge on any atom is 0.0693 e. The van der Waals surface area contributed by atoms with Crippen molar-refractivity contribution in [2.45, 2.75) is 36.5 Å². The Morgan fingerprint density at radius 3 is 2.60 bits per heavy atom. The van der Waals surface area contributed by atoms with E-state index in [9.17, 15) is 5.11 Å². The molecule has 0 saturated heterocycles. The molecule has 1 N–H and O–H groups in total. The van der Waals surface area contributed by atoms with Crippen LogP contribution in [0.25, 0.3) is 0 Å². The van der Waals surface area contributed by atoms with Gasteiger partial charge in [-0.25, -0.2) is 0 Å². The van der Waals surface area contributed by atoms with Gasteiger partial charge in [0.05, 0.1) is 6.10 Å². The molecule has 0 aliphatic heterocycles. The van der Waals surface area contributed by atoms with E-state index < -0.39 is 0 Å². The van der Waals surface area contributed by atoms with Crippen molar-refractivity contribution in [3.8, 4) is 0 Å². The van der Waals surface area contributed by atoms with Crippen LogP contribution in [0.2, 0.25) is 0 Å². The SMILES string of the molecule is C/C=C/C[C@H](O)C(C)Sc1ccccc1. The number of benzene rings is 1. The van der Waals surface area contributed by atoms with E-state index in [0.29, 0.717) is 0 Å². The first-order chi connectivity index (χ1) is 7.24. The largest absolute Gasteiger partial charge is 0.392 e. The molecule has 2 heteroatoms. The van der Waals surface area contributed by atoms with E-state index in [1.54, 1.807) is 11.8 Å². The molecule has 1 aromatic carbocycles. The zero-order valence-electron chi connectivity index (χ0n) is 9.26. The van der Waals surface area contributed by atoms with Crippen LogP contribution >= 0.6 is 11.8 Å². The second-order valence-electron chi connectivity index (χ2n) is 3.51. The number of hydrogen-bond acceptors (Lipinski definition) is 2. The Morgan fingerprint density at radius 1 is 1.33 bits per heavy atom. The molecular weight excluding hydrogens is 204 g/mol. The van der Waals surface area contributed by atoms with Crippen LogP contribution in [0, 0.1) is 0 Å². The minimum atomic E-state index is -0.272. The smallest absolute Gasteiger partial charge is 0.0693 e. The van der Waals surface area contributed by atoms with Crippen LogP contribution in [0.5, 0.6) is 0 Å². The van der Waals surface area contributed by atoms with Crippen LogP contribution in [-0.4, -0.2) is 16.5 Å². The monoisotopic (exact) mass is 222 g/mol. The van der Waals surface area contributed by atoms with Crippen molar-refractivity contribution in [2.75, 3.05) is 0 Å². The molecule has 1 rings (SSSR count). The van der Waals surface area contributed by atoms with Crippen LogP contribution in [0.4, 0.5) is 0 Å². The molecule has 15 heavy (non-hydrogen) atoms. The molecular formula is C13H18OS. The van der Waals surface area contributed by atoms with E-state index >= 15 is 0 Å². The number of hydrogen-bond donors (Lipinski definition) is 1. The Labute approximate surface area is 96.2 Å². The van der Waals surface area contributed by atoms with Crippen molar-refractivity contribution >= 4 is 11.8 Å². The first-order valence-corrected chi connectivity index (χ1v) is 6.13. The Balaban J connectivity index is 2.44. The van der Waals surface area contributed by atoms with Gasteiger partial charge in [0.25, 0.3) is 0 Å². The van der Waals surface area contributed by atoms with Gasteiger partial charge in [0, 0.05) is 10.1 Å². The summed E-state index contributed by atoms with van der Waals surface area (Å²) in [6.07, 6.45) is 4.44. The van der Waals surface area contributed by atoms with Gasteiger partial charge in [-0.1, -0.05) is 37.3 Å².